The van der Waals surface area contributed by atoms with E-state index in [4.69, 9.17) is 11.6 Å². The minimum absolute atomic E-state index is 0.0346. The van der Waals surface area contributed by atoms with Crippen LogP contribution in [-0.4, -0.2) is 10.1 Å². The predicted molar refractivity (Wildman–Crippen MR) is 76.7 cm³/mol. The fourth-order valence-electron chi connectivity index (χ4n) is 2.10. The highest BCUT2D eigenvalue weighted by Crippen LogP contribution is 2.31. The van der Waals surface area contributed by atoms with E-state index in [1.807, 2.05) is 36.4 Å². The summed E-state index contributed by atoms with van der Waals surface area (Å²) in [5.74, 6) is -0.0346. The van der Waals surface area contributed by atoms with Crippen molar-refractivity contribution in [3.63, 3.8) is 0 Å². The molecule has 0 bridgehead atoms. The number of aromatic nitrogens is 1. The molecule has 3 aromatic rings. The molecule has 0 saturated carbocycles. The lowest BCUT2D eigenvalue weighted by Gasteiger charge is -2.07. The van der Waals surface area contributed by atoms with Crippen molar-refractivity contribution in [2.75, 3.05) is 0 Å². The number of hydrogen-bond acceptors (Lipinski definition) is 2. The van der Waals surface area contributed by atoms with Gasteiger partial charge >= 0.3 is 0 Å². The third-order valence-corrected chi connectivity index (χ3v) is 3.34. The van der Waals surface area contributed by atoms with Gasteiger partial charge in [0, 0.05) is 22.0 Å². The summed E-state index contributed by atoms with van der Waals surface area (Å²) in [4.78, 5) is 14.0. The van der Waals surface area contributed by atoms with Crippen molar-refractivity contribution in [2.24, 2.45) is 0 Å². The van der Waals surface area contributed by atoms with Crippen LogP contribution in [0.4, 0.5) is 0 Å². The molecular formula is C15H10ClNO2. The third-order valence-electron chi connectivity index (χ3n) is 3.01. The van der Waals surface area contributed by atoms with Crippen LogP contribution in [0.15, 0.2) is 53.3 Å². The monoisotopic (exact) mass is 271 g/mol. The molecule has 0 spiro atoms. The van der Waals surface area contributed by atoms with Crippen molar-refractivity contribution in [1.29, 1.82) is 0 Å². The van der Waals surface area contributed by atoms with Crippen LogP contribution < -0.4 is 5.56 Å². The number of hydrogen-bond donors (Lipinski definition) is 2. The smallest absolute Gasteiger partial charge is 0.252 e. The Morgan fingerprint density at radius 1 is 1.05 bits per heavy atom. The molecule has 1 aromatic heterocycles. The van der Waals surface area contributed by atoms with Crippen LogP contribution >= 0.6 is 11.6 Å². The summed E-state index contributed by atoms with van der Waals surface area (Å²) in [5.41, 5.74) is 2.05. The van der Waals surface area contributed by atoms with Crippen molar-refractivity contribution in [3.05, 3.63) is 63.9 Å². The lowest BCUT2D eigenvalue weighted by molar-refractivity contribution is 0.480. The molecule has 3 nitrogen and oxygen atoms in total. The van der Waals surface area contributed by atoms with Crippen LogP contribution in [0.5, 0.6) is 5.75 Å². The normalized spacial score (nSPS) is 10.8. The van der Waals surface area contributed by atoms with E-state index < -0.39 is 0 Å². The van der Waals surface area contributed by atoms with E-state index >= 15 is 0 Å². The number of aromatic hydroxyl groups is 1. The Labute approximate surface area is 114 Å². The van der Waals surface area contributed by atoms with Gasteiger partial charge in [0.1, 0.15) is 5.75 Å². The van der Waals surface area contributed by atoms with Crippen LogP contribution in [0.2, 0.25) is 5.02 Å². The summed E-state index contributed by atoms with van der Waals surface area (Å²) < 4.78 is 0. The Balaban J connectivity index is 2.28. The minimum atomic E-state index is -0.324. The first kappa shape index (κ1) is 11.8. The maximum Gasteiger partial charge on any atom is 0.252 e. The number of H-pyrrole nitrogens is 1. The molecule has 0 aliphatic carbocycles. The number of benzene rings is 2. The summed E-state index contributed by atoms with van der Waals surface area (Å²) in [6, 6.07) is 14.1. The molecule has 3 rings (SSSR count). The number of pyridine rings is 1. The van der Waals surface area contributed by atoms with Gasteiger partial charge in [-0.05, 0) is 23.8 Å². The Hall–Kier alpha value is -2.26. The predicted octanol–water partition coefficient (Wildman–Crippen LogP) is 3.55. The molecule has 19 heavy (non-hydrogen) atoms. The Morgan fingerprint density at radius 2 is 1.84 bits per heavy atom. The van der Waals surface area contributed by atoms with Crippen molar-refractivity contribution >= 4 is 22.5 Å². The SMILES string of the molecule is O=c1cc(O)c2cc(-c3ccccc3Cl)ccc2[nH]1. The van der Waals surface area contributed by atoms with E-state index in [1.165, 1.54) is 6.07 Å². The summed E-state index contributed by atoms with van der Waals surface area (Å²) >= 11 is 6.15. The van der Waals surface area contributed by atoms with Gasteiger partial charge in [-0.25, -0.2) is 0 Å². The molecule has 4 heteroatoms. The molecule has 0 aliphatic heterocycles. The topological polar surface area (TPSA) is 53.1 Å². The summed E-state index contributed by atoms with van der Waals surface area (Å²) in [6.45, 7) is 0. The number of nitrogens with one attached hydrogen (secondary N) is 1. The van der Waals surface area contributed by atoms with Crippen molar-refractivity contribution < 1.29 is 5.11 Å². The maximum atomic E-state index is 11.3. The van der Waals surface area contributed by atoms with Crippen LogP contribution in [0, 0.1) is 0 Å². The van der Waals surface area contributed by atoms with Gasteiger partial charge in [-0.2, -0.15) is 0 Å². The molecule has 1 heterocycles. The first-order chi connectivity index (χ1) is 9.15. The second-order valence-electron chi connectivity index (χ2n) is 4.26. The summed E-state index contributed by atoms with van der Waals surface area (Å²) in [6.07, 6.45) is 0. The molecular weight excluding hydrogens is 262 g/mol. The van der Waals surface area contributed by atoms with Gasteiger partial charge in [-0.1, -0.05) is 35.9 Å². The molecule has 0 radical (unpaired) electrons. The van der Waals surface area contributed by atoms with Gasteiger partial charge in [-0.3, -0.25) is 4.79 Å². The highest BCUT2D eigenvalue weighted by atomic mass is 35.5. The van der Waals surface area contributed by atoms with Crippen LogP contribution in [0.3, 0.4) is 0 Å². The Bertz CT molecular complexity index is 824. The molecule has 2 aromatic carbocycles. The minimum Gasteiger partial charge on any atom is -0.507 e. The number of fused-ring (bicyclic) bond motifs is 1. The van der Waals surface area contributed by atoms with Crippen LogP contribution in [0.25, 0.3) is 22.0 Å². The lowest BCUT2D eigenvalue weighted by atomic mass is 10.0. The molecule has 94 valence electrons. The first-order valence-corrected chi connectivity index (χ1v) is 6.14. The largest absolute Gasteiger partial charge is 0.507 e. The fourth-order valence-corrected chi connectivity index (χ4v) is 2.34. The van der Waals surface area contributed by atoms with Gasteiger partial charge in [0.05, 0.1) is 5.52 Å². The van der Waals surface area contributed by atoms with Crippen molar-refractivity contribution in [1.82, 2.24) is 4.98 Å². The quantitative estimate of drug-likeness (QED) is 0.711. The maximum absolute atomic E-state index is 11.3. The fraction of sp³-hybridized carbons (Fsp3) is 0. The zero-order valence-electron chi connectivity index (χ0n) is 9.85. The molecule has 0 saturated heterocycles. The average molecular weight is 272 g/mol. The van der Waals surface area contributed by atoms with Gasteiger partial charge < -0.3 is 10.1 Å². The van der Waals surface area contributed by atoms with E-state index in [2.05, 4.69) is 4.98 Å². The van der Waals surface area contributed by atoms with E-state index in [-0.39, 0.29) is 11.3 Å². The molecule has 0 aliphatic rings. The molecule has 0 unspecified atom stereocenters. The highest BCUT2D eigenvalue weighted by Gasteiger charge is 2.06. The molecule has 0 amide bonds. The van der Waals surface area contributed by atoms with E-state index in [1.54, 1.807) is 6.07 Å². The second-order valence-corrected chi connectivity index (χ2v) is 4.67. The average Bonchev–Trinajstić information content (AvgIpc) is 2.39. The van der Waals surface area contributed by atoms with E-state index in [0.29, 0.717) is 15.9 Å². The first-order valence-electron chi connectivity index (χ1n) is 5.76. The Morgan fingerprint density at radius 3 is 2.63 bits per heavy atom. The lowest BCUT2D eigenvalue weighted by Crippen LogP contribution is -2.02. The van der Waals surface area contributed by atoms with Crippen LogP contribution in [0.1, 0.15) is 0 Å². The zero-order valence-corrected chi connectivity index (χ0v) is 10.6. The molecule has 0 atom stereocenters. The summed E-state index contributed by atoms with van der Waals surface area (Å²) in [7, 11) is 0. The molecule has 2 N–H and O–H groups in total. The van der Waals surface area contributed by atoms with E-state index in [9.17, 15) is 9.90 Å². The number of halogens is 1. The Kier molecular flexibility index (Phi) is 2.76. The van der Waals surface area contributed by atoms with Gasteiger partial charge in [-0.15, -0.1) is 0 Å². The highest BCUT2D eigenvalue weighted by molar-refractivity contribution is 6.33. The summed E-state index contributed by atoms with van der Waals surface area (Å²) in [5, 5.41) is 11.1. The van der Waals surface area contributed by atoms with E-state index in [0.717, 1.165) is 11.1 Å². The van der Waals surface area contributed by atoms with Crippen molar-refractivity contribution in [3.8, 4) is 16.9 Å². The standard InChI is InChI=1S/C15H10ClNO2/c16-12-4-2-1-3-10(12)9-5-6-13-11(7-9)14(18)8-15(19)17-13/h1-8H,(H2,17,18,19). The number of aromatic amines is 1. The van der Waals surface area contributed by atoms with Crippen molar-refractivity contribution in [2.45, 2.75) is 0 Å². The van der Waals surface area contributed by atoms with Gasteiger partial charge in [0.25, 0.3) is 5.56 Å². The third kappa shape index (κ3) is 2.09. The van der Waals surface area contributed by atoms with Gasteiger partial charge in [0.2, 0.25) is 0 Å². The zero-order chi connectivity index (χ0) is 13.4. The van der Waals surface area contributed by atoms with Crippen LogP contribution in [-0.2, 0) is 0 Å². The molecule has 0 fully saturated rings. The number of rotatable bonds is 1. The second kappa shape index (κ2) is 4.44. The van der Waals surface area contributed by atoms with Gasteiger partial charge in [0.15, 0.2) is 0 Å².